The fourth-order valence-electron chi connectivity index (χ4n) is 2.68. The van der Waals surface area contributed by atoms with Crippen LogP contribution >= 0.6 is 23.4 Å². The first kappa shape index (κ1) is 15.6. The van der Waals surface area contributed by atoms with Crippen molar-refractivity contribution in [2.45, 2.75) is 12.5 Å². The smallest absolute Gasteiger partial charge is 0.325 e. The van der Waals surface area contributed by atoms with Gasteiger partial charge in [-0.25, -0.2) is 4.39 Å². The molecule has 1 fully saturated rings. The van der Waals surface area contributed by atoms with Gasteiger partial charge in [0.1, 0.15) is 11.9 Å². The van der Waals surface area contributed by atoms with Crippen LogP contribution in [0.4, 0.5) is 4.39 Å². The van der Waals surface area contributed by atoms with E-state index in [-0.39, 0.29) is 5.02 Å². The molecule has 0 bridgehead atoms. The van der Waals surface area contributed by atoms with Crippen LogP contribution in [0, 0.1) is 11.7 Å². The quantitative estimate of drug-likeness (QED) is 0.904. The summed E-state index contributed by atoms with van der Waals surface area (Å²) in [7, 11) is 0. The Kier molecular flexibility index (Phi) is 5.29. The lowest BCUT2D eigenvalue weighted by Crippen LogP contribution is -2.32. The van der Waals surface area contributed by atoms with Gasteiger partial charge in [-0.3, -0.25) is 9.69 Å². The van der Waals surface area contributed by atoms with E-state index in [0.29, 0.717) is 11.5 Å². The SMILES string of the molecule is CSCC1CCN(C(C(=O)O)c2ccc(F)cc2Cl)C1. The normalized spacial score (nSPS) is 21.1. The number of carboxylic acids is 1. The largest absolute Gasteiger partial charge is 0.480 e. The molecule has 0 radical (unpaired) electrons. The van der Waals surface area contributed by atoms with E-state index in [4.69, 9.17) is 11.6 Å². The van der Waals surface area contributed by atoms with Crippen LogP contribution in [-0.2, 0) is 4.79 Å². The van der Waals surface area contributed by atoms with Gasteiger partial charge in [0, 0.05) is 11.6 Å². The van der Waals surface area contributed by atoms with E-state index in [1.807, 2.05) is 11.2 Å². The number of likely N-dealkylation sites (tertiary alicyclic amines) is 1. The number of aliphatic carboxylic acids is 1. The predicted molar refractivity (Wildman–Crippen MR) is 79.8 cm³/mol. The summed E-state index contributed by atoms with van der Waals surface area (Å²) in [6.45, 7) is 1.47. The second-order valence-corrected chi connectivity index (χ2v) is 6.33. The van der Waals surface area contributed by atoms with Crippen molar-refractivity contribution in [1.82, 2.24) is 4.90 Å². The van der Waals surface area contributed by atoms with Crippen molar-refractivity contribution in [3.05, 3.63) is 34.6 Å². The zero-order valence-electron chi connectivity index (χ0n) is 11.2. The molecule has 2 atom stereocenters. The highest BCUT2D eigenvalue weighted by Gasteiger charge is 2.34. The first-order valence-corrected chi connectivity index (χ1v) is 8.21. The van der Waals surface area contributed by atoms with E-state index in [9.17, 15) is 14.3 Å². The minimum atomic E-state index is -0.941. The zero-order valence-corrected chi connectivity index (χ0v) is 12.8. The van der Waals surface area contributed by atoms with Gasteiger partial charge in [-0.15, -0.1) is 0 Å². The summed E-state index contributed by atoms with van der Waals surface area (Å²) < 4.78 is 13.1. The molecule has 6 heteroatoms. The third-order valence-electron chi connectivity index (χ3n) is 3.58. The van der Waals surface area contributed by atoms with Crippen molar-refractivity contribution in [3.63, 3.8) is 0 Å². The maximum atomic E-state index is 13.1. The van der Waals surface area contributed by atoms with Crippen molar-refractivity contribution in [1.29, 1.82) is 0 Å². The molecule has 1 aliphatic heterocycles. The number of rotatable bonds is 5. The molecular weight excluding hydrogens is 301 g/mol. The number of carbonyl (C=O) groups is 1. The minimum absolute atomic E-state index is 0.172. The molecule has 1 heterocycles. The van der Waals surface area contributed by atoms with Gasteiger partial charge in [0.25, 0.3) is 0 Å². The summed E-state index contributed by atoms with van der Waals surface area (Å²) in [6, 6.07) is 3.10. The van der Waals surface area contributed by atoms with E-state index in [1.54, 1.807) is 11.8 Å². The molecule has 1 aliphatic rings. The van der Waals surface area contributed by atoms with Crippen LogP contribution in [0.15, 0.2) is 18.2 Å². The molecule has 0 aromatic heterocycles. The molecule has 20 heavy (non-hydrogen) atoms. The highest BCUT2D eigenvalue weighted by Crippen LogP contribution is 2.33. The van der Waals surface area contributed by atoms with Crippen LogP contribution in [-0.4, -0.2) is 41.1 Å². The van der Waals surface area contributed by atoms with Crippen LogP contribution in [0.1, 0.15) is 18.0 Å². The fraction of sp³-hybridized carbons (Fsp3) is 0.500. The Labute approximate surface area is 127 Å². The Morgan fingerprint density at radius 3 is 3.00 bits per heavy atom. The number of hydrogen-bond acceptors (Lipinski definition) is 3. The number of carboxylic acid groups (broad SMARTS) is 1. The average Bonchev–Trinajstić information content (AvgIpc) is 2.81. The molecule has 1 aromatic carbocycles. The summed E-state index contributed by atoms with van der Waals surface area (Å²) >= 11 is 7.78. The van der Waals surface area contributed by atoms with Gasteiger partial charge in [0.05, 0.1) is 0 Å². The molecule has 0 spiro atoms. The van der Waals surface area contributed by atoms with Gasteiger partial charge in [0.15, 0.2) is 0 Å². The maximum Gasteiger partial charge on any atom is 0.325 e. The highest BCUT2D eigenvalue weighted by molar-refractivity contribution is 7.98. The van der Waals surface area contributed by atoms with Crippen LogP contribution in [0.3, 0.4) is 0 Å². The maximum absolute atomic E-state index is 13.1. The Balaban J connectivity index is 2.22. The van der Waals surface area contributed by atoms with E-state index >= 15 is 0 Å². The molecular formula is C14H17ClFNO2S. The topological polar surface area (TPSA) is 40.5 Å². The van der Waals surface area contributed by atoms with Gasteiger partial charge in [-0.1, -0.05) is 17.7 Å². The van der Waals surface area contributed by atoms with Crippen LogP contribution in [0.2, 0.25) is 5.02 Å². The predicted octanol–water partition coefficient (Wildman–Crippen LogP) is 3.29. The van der Waals surface area contributed by atoms with Crippen molar-refractivity contribution in [2.24, 2.45) is 5.92 Å². The van der Waals surface area contributed by atoms with E-state index in [2.05, 4.69) is 0 Å². The van der Waals surface area contributed by atoms with Gasteiger partial charge in [-0.2, -0.15) is 11.8 Å². The van der Waals surface area contributed by atoms with Gasteiger partial charge < -0.3 is 5.11 Å². The number of hydrogen-bond donors (Lipinski definition) is 1. The lowest BCUT2D eigenvalue weighted by Gasteiger charge is -2.25. The van der Waals surface area contributed by atoms with Crippen molar-refractivity contribution >= 4 is 29.3 Å². The van der Waals surface area contributed by atoms with Crippen LogP contribution in [0.25, 0.3) is 0 Å². The standard InChI is InChI=1S/C14H17ClFNO2S/c1-20-8-9-4-5-17(7-9)13(14(18)19)11-3-2-10(16)6-12(11)15/h2-3,6,9,13H,4-5,7-8H2,1H3,(H,18,19). The molecule has 2 rings (SSSR count). The van der Waals surface area contributed by atoms with Crippen molar-refractivity contribution in [2.75, 3.05) is 25.1 Å². The van der Waals surface area contributed by atoms with E-state index in [1.165, 1.54) is 18.2 Å². The first-order chi connectivity index (χ1) is 9.52. The second kappa shape index (κ2) is 6.78. The third kappa shape index (κ3) is 3.45. The average molecular weight is 318 g/mol. The van der Waals surface area contributed by atoms with Crippen LogP contribution < -0.4 is 0 Å². The van der Waals surface area contributed by atoms with Crippen LogP contribution in [0.5, 0.6) is 0 Å². The number of halogens is 2. The van der Waals surface area contributed by atoms with Gasteiger partial charge in [0.2, 0.25) is 0 Å². The summed E-state index contributed by atoms with van der Waals surface area (Å²) in [5, 5.41) is 9.67. The minimum Gasteiger partial charge on any atom is -0.480 e. The second-order valence-electron chi connectivity index (χ2n) is 5.01. The monoisotopic (exact) mass is 317 g/mol. The number of benzene rings is 1. The highest BCUT2D eigenvalue weighted by atomic mass is 35.5. The van der Waals surface area contributed by atoms with E-state index < -0.39 is 17.8 Å². The Morgan fingerprint density at radius 1 is 1.65 bits per heavy atom. The Hall–Kier alpha value is -0.780. The third-order valence-corrected chi connectivity index (χ3v) is 4.71. The van der Waals surface area contributed by atoms with Gasteiger partial charge in [-0.05, 0) is 48.6 Å². The summed E-state index contributed by atoms with van der Waals surface area (Å²) in [4.78, 5) is 13.5. The molecule has 1 saturated heterocycles. The number of nitrogens with zero attached hydrogens (tertiary/aromatic N) is 1. The van der Waals surface area contributed by atoms with Gasteiger partial charge >= 0.3 is 5.97 Å². The molecule has 110 valence electrons. The molecule has 1 aromatic rings. The van der Waals surface area contributed by atoms with Crippen molar-refractivity contribution < 1.29 is 14.3 Å². The molecule has 3 nitrogen and oxygen atoms in total. The summed E-state index contributed by atoms with van der Waals surface area (Å²) in [5.74, 6) is 0.138. The summed E-state index contributed by atoms with van der Waals surface area (Å²) in [5.41, 5.74) is 0.463. The Morgan fingerprint density at radius 2 is 2.40 bits per heavy atom. The molecule has 2 unspecified atom stereocenters. The number of thioether (sulfide) groups is 1. The molecule has 1 N–H and O–H groups in total. The Bertz CT molecular complexity index is 500. The molecule has 0 saturated carbocycles. The fourth-order valence-corrected chi connectivity index (χ4v) is 3.69. The van der Waals surface area contributed by atoms with Crippen molar-refractivity contribution in [3.8, 4) is 0 Å². The molecule has 0 amide bonds. The lowest BCUT2D eigenvalue weighted by atomic mass is 10.1. The first-order valence-electron chi connectivity index (χ1n) is 6.43. The van der Waals surface area contributed by atoms with E-state index in [0.717, 1.165) is 25.3 Å². The molecule has 0 aliphatic carbocycles. The zero-order chi connectivity index (χ0) is 14.7. The summed E-state index contributed by atoms with van der Waals surface area (Å²) in [6.07, 6.45) is 3.04. The lowest BCUT2D eigenvalue weighted by molar-refractivity contribution is -0.143.